The first-order chi connectivity index (χ1) is 15.7. The number of nitrogens with zero attached hydrogens (tertiary/aromatic N) is 1. The number of ether oxygens (including phenoxy) is 2. The molecule has 1 saturated heterocycles. The van der Waals surface area contributed by atoms with Crippen LogP contribution in [0.2, 0.25) is 0 Å². The number of methoxy groups -OCH3 is 1. The quantitative estimate of drug-likeness (QED) is 0.235. The molecule has 1 fully saturated rings. The van der Waals surface area contributed by atoms with Crippen molar-refractivity contribution in [3.63, 3.8) is 0 Å². The van der Waals surface area contributed by atoms with Crippen LogP contribution in [0.4, 0.5) is 0 Å². The van der Waals surface area contributed by atoms with Gasteiger partial charge >= 0.3 is 10.1 Å². The number of nitrogens with one attached hydrogen (secondary N) is 1. The molecular weight excluding hydrogens is 464 g/mol. The van der Waals surface area contributed by atoms with Crippen LogP contribution in [0.5, 0.6) is 11.5 Å². The molecule has 176 valence electrons. The van der Waals surface area contributed by atoms with E-state index in [2.05, 4.69) is 5.32 Å². The van der Waals surface area contributed by atoms with Crippen molar-refractivity contribution in [2.75, 3.05) is 26.9 Å². The van der Waals surface area contributed by atoms with Gasteiger partial charge < -0.3 is 19.0 Å². The molecule has 0 atom stereocenters. The van der Waals surface area contributed by atoms with Crippen LogP contribution in [0.3, 0.4) is 0 Å². The van der Waals surface area contributed by atoms with Crippen molar-refractivity contribution in [1.82, 2.24) is 10.2 Å². The monoisotopic (exact) mass is 490 g/mol. The first-order valence-corrected chi connectivity index (χ1v) is 12.2. The lowest BCUT2D eigenvalue weighted by atomic mass is 10.1. The Morgan fingerprint density at radius 3 is 2.52 bits per heavy atom. The standard InChI is InChI=1S/C23H26N2O6S2/c1-4-30-13-5-12-25-22(26)19(24-23(25)32)14-17-8-11-20(21(15-17)29-3)31-33(27,28)18-9-6-16(2)7-10-18/h6-11,14-15H,4-5,12-13H2,1-3H3,(H,24,32). The minimum atomic E-state index is -4.03. The van der Waals surface area contributed by atoms with Crippen LogP contribution >= 0.6 is 12.2 Å². The number of carbonyl (C=O) groups excluding carboxylic acids is 1. The highest BCUT2D eigenvalue weighted by molar-refractivity contribution is 7.87. The summed E-state index contributed by atoms with van der Waals surface area (Å²) in [7, 11) is -2.62. The van der Waals surface area contributed by atoms with E-state index in [0.29, 0.717) is 42.6 Å². The summed E-state index contributed by atoms with van der Waals surface area (Å²) >= 11 is 5.27. The Bertz CT molecular complexity index is 1160. The molecule has 0 unspecified atom stereocenters. The molecule has 1 aliphatic heterocycles. The van der Waals surface area contributed by atoms with Crippen molar-refractivity contribution in [2.24, 2.45) is 0 Å². The number of aryl methyl sites for hydroxylation is 1. The molecule has 0 spiro atoms. The number of amides is 1. The van der Waals surface area contributed by atoms with Gasteiger partial charge in [-0.3, -0.25) is 9.69 Å². The third kappa shape index (κ3) is 6.10. The van der Waals surface area contributed by atoms with Crippen molar-refractivity contribution in [2.45, 2.75) is 25.2 Å². The van der Waals surface area contributed by atoms with Crippen LogP contribution in [0.15, 0.2) is 53.1 Å². The Labute approximate surface area is 199 Å². The van der Waals surface area contributed by atoms with E-state index in [-0.39, 0.29) is 22.3 Å². The van der Waals surface area contributed by atoms with E-state index < -0.39 is 10.1 Å². The Kier molecular flexibility index (Phi) is 8.06. The number of thiocarbonyl (C=S) groups is 1. The molecule has 2 aromatic rings. The minimum Gasteiger partial charge on any atom is -0.493 e. The van der Waals surface area contributed by atoms with Gasteiger partial charge in [0.15, 0.2) is 16.6 Å². The zero-order valence-corrected chi connectivity index (χ0v) is 20.3. The molecule has 8 nitrogen and oxygen atoms in total. The lowest BCUT2D eigenvalue weighted by Crippen LogP contribution is -2.32. The van der Waals surface area contributed by atoms with E-state index in [1.807, 2.05) is 13.8 Å². The predicted molar refractivity (Wildman–Crippen MR) is 129 cm³/mol. The van der Waals surface area contributed by atoms with Gasteiger partial charge in [0, 0.05) is 19.8 Å². The second-order valence-electron chi connectivity index (χ2n) is 7.26. The summed E-state index contributed by atoms with van der Waals surface area (Å²) in [5.74, 6) is 0.0124. The zero-order chi connectivity index (χ0) is 24.0. The lowest BCUT2D eigenvalue weighted by Gasteiger charge is -2.13. The summed E-state index contributed by atoms with van der Waals surface area (Å²) in [4.78, 5) is 14.2. The average Bonchev–Trinajstić information content (AvgIpc) is 3.05. The van der Waals surface area contributed by atoms with Gasteiger partial charge in [-0.1, -0.05) is 23.8 Å². The fourth-order valence-electron chi connectivity index (χ4n) is 3.12. The number of rotatable bonds is 10. The largest absolute Gasteiger partial charge is 0.493 e. The van der Waals surface area contributed by atoms with Gasteiger partial charge in [-0.05, 0) is 68.4 Å². The minimum absolute atomic E-state index is 0.0407. The van der Waals surface area contributed by atoms with Crippen LogP contribution in [0.25, 0.3) is 6.08 Å². The summed E-state index contributed by atoms with van der Waals surface area (Å²) in [6.07, 6.45) is 2.29. The summed E-state index contributed by atoms with van der Waals surface area (Å²) in [6, 6.07) is 11.0. The molecule has 1 N–H and O–H groups in total. The Morgan fingerprint density at radius 1 is 1.12 bits per heavy atom. The third-order valence-electron chi connectivity index (χ3n) is 4.84. The molecule has 10 heteroatoms. The van der Waals surface area contributed by atoms with Crippen LogP contribution in [-0.2, 0) is 19.6 Å². The van der Waals surface area contributed by atoms with Crippen LogP contribution < -0.4 is 14.2 Å². The molecular formula is C23H26N2O6S2. The number of hydrogen-bond donors (Lipinski definition) is 1. The summed E-state index contributed by atoms with van der Waals surface area (Å²) in [5, 5.41) is 3.25. The Hall–Kier alpha value is -2.95. The first-order valence-electron chi connectivity index (χ1n) is 10.4. The third-order valence-corrected chi connectivity index (χ3v) is 6.42. The zero-order valence-electron chi connectivity index (χ0n) is 18.7. The Morgan fingerprint density at radius 2 is 1.85 bits per heavy atom. The van der Waals surface area contributed by atoms with Gasteiger partial charge in [0.1, 0.15) is 10.6 Å². The van der Waals surface area contributed by atoms with Crippen molar-refractivity contribution in [1.29, 1.82) is 0 Å². The highest BCUT2D eigenvalue weighted by Crippen LogP contribution is 2.32. The van der Waals surface area contributed by atoms with Crippen LogP contribution in [0.1, 0.15) is 24.5 Å². The van der Waals surface area contributed by atoms with Crippen molar-refractivity contribution in [3.8, 4) is 11.5 Å². The van der Waals surface area contributed by atoms with Crippen LogP contribution in [0, 0.1) is 6.92 Å². The van der Waals surface area contributed by atoms with E-state index in [1.54, 1.807) is 30.3 Å². The van der Waals surface area contributed by atoms with Crippen molar-refractivity contribution >= 4 is 39.4 Å². The highest BCUT2D eigenvalue weighted by atomic mass is 32.2. The fraction of sp³-hybridized carbons (Fsp3) is 0.304. The van der Waals surface area contributed by atoms with E-state index >= 15 is 0 Å². The van der Waals surface area contributed by atoms with Gasteiger partial charge in [-0.25, -0.2) is 0 Å². The summed E-state index contributed by atoms with van der Waals surface area (Å²) in [6.45, 7) is 5.40. The van der Waals surface area contributed by atoms with Gasteiger partial charge in [0.05, 0.1) is 7.11 Å². The van der Waals surface area contributed by atoms with Gasteiger partial charge in [-0.15, -0.1) is 0 Å². The van der Waals surface area contributed by atoms with Crippen molar-refractivity contribution < 1.29 is 26.9 Å². The Balaban J connectivity index is 1.77. The molecule has 0 radical (unpaired) electrons. The van der Waals surface area contributed by atoms with Gasteiger partial charge in [0.25, 0.3) is 5.91 Å². The SMILES string of the molecule is CCOCCCN1C(=O)C(=Cc2ccc(OS(=O)(=O)c3ccc(C)cc3)c(OC)c2)NC1=S. The predicted octanol–water partition coefficient (Wildman–Crippen LogP) is 3.26. The molecule has 2 aromatic carbocycles. The summed E-state index contributed by atoms with van der Waals surface area (Å²) < 4.78 is 41.2. The van der Waals surface area contributed by atoms with E-state index in [9.17, 15) is 13.2 Å². The molecule has 1 aliphatic rings. The van der Waals surface area contributed by atoms with Gasteiger partial charge in [-0.2, -0.15) is 8.42 Å². The molecule has 0 bridgehead atoms. The maximum absolute atomic E-state index is 12.7. The van der Waals surface area contributed by atoms with E-state index in [1.165, 1.54) is 30.2 Å². The molecule has 33 heavy (non-hydrogen) atoms. The van der Waals surface area contributed by atoms with Crippen molar-refractivity contribution in [3.05, 3.63) is 59.3 Å². The second kappa shape index (κ2) is 10.8. The normalized spacial score (nSPS) is 15.1. The number of hydrogen-bond acceptors (Lipinski definition) is 7. The highest BCUT2D eigenvalue weighted by Gasteiger charge is 2.30. The van der Waals surface area contributed by atoms with E-state index in [4.69, 9.17) is 25.9 Å². The molecule has 1 amide bonds. The smallest absolute Gasteiger partial charge is 0.339 e. The average molecular weight is 491 g/mol. The van der Waals surface area contributed by atoms with Gasteiger partial charge in [0.2, 0.25) is 0 Å². The number of benzene rings is 2. The topological polar surface area (TPSA) is 94.2 Å². The molecule has 3 rings (SSSR count). The maximum atomic E-state index is 12.7. The van der Waals surface area contributed by atoms with Crippen LogP contribution in [-0.4, -0.2) is 51.2 Å². The fourth-order valence-corrected chi connectivity index (χ4v) is 4.35. The van der Waals surface area contributed by atoms with E-state index in [0.717, 1.165) is 5.56 Å². The molecule has 0 saturated carbocycles. The molecule has 0 aromatic heterocycles. The second-order valence-corrected chi connectivity index (χ2v) is 9.19. The first kappa shape index (κ1) is 24.7. The lowest BCUT2D eigenvalue weighted by molar-refractivity contribution is -0.122. The maximum Gasteiger partial charge on any atom is 0.339 e. The molecule has 0 aliphatic carbocycles. The number of carbonyl (C=O) groups is 1. The summed E-state index contributed by atoms with van der Waals surface area (Å²) in [5.41, 5.74) is 1.87. The molecule has 1 heterocycles.